The van der Waals surface area contributed by atoms with Crippen LogP contribution in [-0.2, 0) is 4.79 Å². The van der Waals surface area contributed by atoms with Crippen LogP contribution in [0.15, 0.2) is 24.3 Å². The normalized spacial score (nSPS) is 17.0. The van der Waals surface area contributed by atoms with Gasteiger partial charge in [-0.15, -0.1) is 0 Å². The molecule has 2 amide bonds. The lowest BCUT2D eigenvalue weighted by Crippen LogP contribution is -2.31. The zero-order chi connectivity index (χ0) is 18.1. The highest BCUT2D eigenvalue weighted by Crippen LogP contribution is 2.22. The van der Waals surface area contributed by atoms with Gasteiger partial charge in [0.1, 0.15) is 5.69 Å². The molecule has 25 heavy (non-hydrogen) atoms. The number of hydrogen-bond donors (Lipinski definition) is 2. The highest BCUT2D eigenvalue weighted by atomic mass is 19.2. The third-order valence-electron chi connectivity index (χ3n) is 4.16. The Morgan fingerprint density at radius 1 is 1.20 bits per heavy atom. The topological polar surface area (TPSA) is 65.2 Å². The van der Waals surface area contributed by atoms with Crippen LogP contribution in [0.1, 0.15) is 22.6 Å². The third-order valence-corrected chi connectivity index (χ3v) is 4.16. The molecule has 0 aliphatic carbocycles. The van der Waals surface area contributed by atoms with Crippen molar-refractivity contribution in [3.8, 4) is 0 Å². The average molecular weight is 351 g/mol. The van der Waals surface area contributed by atoms with Gasteiger partial charge in [0.2, 0.25) is 5.91 Å². The van der Waals surface area contributed by atoms with Crippen LogP contribution in [0.3, 0.4) is 0 Å². The van der Waals surface area contributed by atoms with E-state index in [0.29, 0.717) is 18.7 Å². The Hall–Kier alpha value is -2.77. The van der Waals surface area contributed by atoms with Gasteiger partial charge in [0.25, 0.3) is 5.91 Å². The predicted molar refractivity (Wildman–Crippen MR) is 84.5 cm³/mol. The SMILES string of the molecule is Cc1ccc(C(=O)N2CC[C@H](C(=O)Nc3cc(F)c(F)c(F)c3)C2)[nH]1. The van der Waals surface area contributed by atoms with Crippen molar-refractivity contribution in [2.24, 2.45) is 5.92 Å². The molecular formula is C17H16F3N3O2. The van der Waals surface area contributed by atoms with Crippen LogP contribution >= 0.6 is 0 Å². The fourth-order valence-electron chi connectivity index (χ4n) is 2.83. The van der Waals surface area contributed by atoms with E-state index in [1.54, 1.807) is 17.0 Å². The number of benzene rings is 1. The van der Waals surface area contributed by atoms with Gasteiger partial charge in [0.15, 0.2) is 17.5 Å². The fourth-order valence-corrected chi connectivity index (χ4v) is 2.83. The Morgan fingerprint density at radius 2 is 1.88 bits per heavy atom. The first-order chi connectivity index (χ1) is 11.8. The smallest absolute Gasteiger partial charge is 0.270 e. The van der Waals surface area contributed by atoms with Gasteiger partial charge in [-0.2, -0.15) is 0 Å². The molecule has 0 spiro atoms. The molecule has 1 aromatic carbocycles. The van der Waals surface area contributed by atoms with Crippen LogP contribution in [0.25, 0.3) is 0 Å². The number of carbonyl (C=O) groups is 2. The molecule has 0 saturated carbocycles. The summed E-state index contributed by atoms with van der Waals surface area (Å²) in [6.45, 7) is 2.44. The quantitative estimate of drug-likeness (QED) is 0.835. The molecule has 2 N–H and O–H groups in total. The van der Waals surface area contributed by atoms with Crippen LogP contribution in [-0.4, -0.2) is 34.8 Å². The van der Waals surface area contributed by atoms with Crippen molar-refractivity contribution in [2.45, 2.75) is 13.3 Å². The molecule has 0 radical (unpaired) electrons. The van der Waals surface area contributed by atoms with Crippen LogP contribution in [0.4, 0.5) is 18.9 Å². The first-order valence-corrected chi connectivity index (χ1v) is 7.75. The average Bonchev–Trinajstić information content (AvgIpc) is 3.21. The van der Waals surface area contributed by atoms with E-state index in [1.807, 2.05) is 6.92 Å². The molecule has 0 unspecified atom stereocenters. The van der Waals surface area contributed by atoms with E-state index in [0.717, 1.165) is 17.8 Å². The third kappa shape index (κ3) is 3.52. The van der Waals surface area contributed by atoms with Crippen molar-refractivity contribution in [1.29, 1.82) is 0 Å². The summed E-state index contributed by atoms with van der Waals surface area (Å²) in [6, 6.07) is 4.89. The number of likely N-dealkylation sites (tertiary alicyclic amines) is 1. The number of aromatic nitrogens is 1. The molecule has 1 fully saturated rings. The number of aryl methyl sites for hydroxylation is 1. The molecule has 2 heterocycles. The Bertz CT molecular complexity index is 811. The number of halogens is 3. The van der Waals surface area contributed by atoms with Gasteiger partial charge >= 0.3 is 0 Å². The standard InChI is InChI=1S/C17H16F3N3O2/c1-9-2-3-14(21-9)17(25)23-5-4-10(8-23)16(24)22-11-6-12(18)15(20)13(19)7-11/h2-3,6-7,10,21H,4-5,8H2,1H3,(H,22,24)/t10-/m0/s1. The van der Waals surface area contributed by atoms with Crippen molar-refractivity contribution < 1.29 is 22.8 Å². The van der Waals surface area contributed by atoms with Crippen molar-refractivity contribution >= 4 is 17.5 Å². The molecule has 1 aliphatic rings. The summed E-state index contributed by atoms with van der Waals surface area (Å²) in [7, 11) is 0. The minimum absolute atomic E-state index is 0.161. The molecule has 1 saturated heterocycles. The number of carbonyl (C=O) groups excluding carboxylic acids is 2. The fraction of sp³-hybridized carbons (Fsp3) is 0.294. The second kappa shape index (κ2) is 6.62. The molecule has 1 aromatic heterocycles. The second-order valence-electron chi connectivity index (χ2n) is 6.03. The number of aromatic amines is 1. The van der Waals surface area contributed by atoms with Gasteiger partial charge in [-0.05, 0) is 25.5 Å². The van der Waals surface area contributed by atoms with Crippen molar-refractivity contribution in [3.05, 3.63) is 53.1 Å². The van der Waals surface area contributed by atoms with E-state index >= 15 is 0 Å². The maximum absolute atomic E-state index is 13.2. The minimum atomic E-state index is -1.59. The van der Waals surface area contributed by atoms with Crippen LogP contribution in [0, 0.1) is 30.3 Å². The Labute approximate surface area is 141 Å². The van der Waals surface area contributed by atoms with Gasteiger partial charge in [-0.1, -0.05) is 0 Å². The van der Waals surface area contributed by atoms with Gasteiger partial charge in [-0.3, -0.25) is 9.59 Å². The molecule has 0 bridgehead atoms. The van der Waals surface area contributed by atoms with Gasteiger partial charge < -0.3 is 15.2 Å². The van der Waals surface area contributed by atoms with E-state index in [1.165, 1.54) is 0 Å². The second-order valence-corrected chi connectivity index (χ2v) is 6.03. The van der Waals surface area contributed by atoms with E-state index in [4.69, 9.17) is 0 Å². The summed E-state index contributed by atoms with van der Waals surface area (Å²) >= 11 is 0. The number of nitrogens with one attached hydrogen (secondary N) is 2. The summed E-state index contributed by atoms with van der Waals surface area (Å²) in [5.74, 6) is -5.51. The van der Waals surface area contributed by atoms with E-state index in [2.05, 4.69) is 10.3 Å². The molecular weight excluding hydrogens is 335 g/mol. The number of H-pyrrole nitrogens is 1. The van der Waals surface area contributed by atoms with E-state index in [-0.39, 0.29) is 18.1 Å². The van der Waals surface area contributed by atoms with Crippen LogP contribution < -0.4 is 5.32 Å². The summed E-state index contributed by atoms with van der Waals surface area (Å²) in [4.78, 5) is 29.1. The summed E-state index contributed by atoms with van der Waals surface area (Å²) in [5, 5.41) is 2.36. The lowest BCUT2D eigenvalue weighted by Gasteiger charge is -2.16. The molecule has 132 valence electrons. The molecule has 5 nitrogen and oxygen atoms in total. The van der Waals surface area contributed by atoms with Gasteiger partial charge in [-0.25, -0.2) is 13.2 Å². The molecule has 8 heteroatoms. The molecule has 3 rings (SSSR count). The van der Waals surface area contributed by atoms with Crippen molar-refractivity contribution in [1.82, 2.24) is 9.88 Å². The zero-order valence-electron chi connectivity index (χ0n) is 13.4. The lowest BCUT2D eigenvalue weighted by molar-refractivity contribution is -0.119. The Balaban J connectivity index is 1.64. The number of rotatable bonds is 3. The number of amides is 2. The minimum Gasteiger partial charge on any atom is -0.355 e. The van der Waals surface area contributed by atoms with E-state index in [9.17, 15) is 22.8 Å². The number of hydrogen-bond acceptors (Lipinski definition) is 2. The Morgan fingerprint density at radius 3 is 2.48 bits per heavy atom. The summed E-state index contributed by atoms with van der Waals surface area (Å²) in [6.07, 6.45) is 0.434. The lowest BCUT2D eigenvalue weighted by atomic mass is 10.1. The highest BCUT2D eigenvalue weighted by molar-refractivity contribution is 5.96. The monoisotopic (exact) mass is 351 g/mol. The Kier molecular flexibility index (Phi) is 4.52. The summed E-state index contributed by atoms with van der Waals surface area (Å²) in [5.41, 5.74) is 1.14. The summed E-state index contributed by atoms with van der Waals surface area (Å²) < 4.78 is 39.3. The highest BCUT2D eigenvalue weighted by Gasteiger charge is 2.32. The first kappa shape index (κ1) is 17.1. The van der Waals surface area contributed by atoms with Crippen LogP contribution in [0.2, 0.25) is 0 Å². The van der Waals surface area contributed by atoms with Gasteiger partial charge in [0.05, 0.1) is 5.92 Å². The zero-order valence-corrected chi connectivity index (χ0v) is 13.4. The number of nitrogens with zero attached hydrogens (tertiary/aromatic N) is 1. The van der Waals surface area contributed by atoms with Crippen molar-refractivity contribution in [2.75, 3.05) is 18.4 Å². The largest absolute Gasteiger partial charge is 0.355 e. The van der Waals surface area contributed by atoms with Crippen molar-refractivity contribution in [3.63, 3.8) is 0 Å². The van der Waals surface area contributed by atoms with Crippen LogP contribution in [0.5, 0.6) is 0 Å². The number of anilines is 1. The molecule has 1 aliphatic heterocycles. The van der Waals surface area contributed by atoms with E-state index < -0.39 is 29.3 Å². The maximum Gasteiger partial charge on any atom is 0.270 e. The predicted octanol–water partition coefficient (Wildman–Crippen LogP) is 2.84. The van der Waals surface area contributed by atoms with Gasteiger partial charge in [0, 0.05) is 36.6 Å². The molecule has 2 aromatic rings. The molecule has 1 atom stereocenters. The maximum atomic E-state index is 13.2. The first-order valence-electron chi connectivity index (χ1n) is 7.75.